The summed E-state index contributed by atoms with van der Waals surface area (Å²) in [5.74, 6) is 1.73. The highest BCUT2D eigenvalue weighted by Crippen LogP contribution is 2.63. The van der Waals surface area contributed by atoms with Gasteiger partial charge in [0.15, 0.2) is 11.5 Å². The van der Waals surface area contributed by atoms with Gasteiger partial charge in [0.25, 0.3) is 0 Å². The van der Waals surface area contributed by atoms with Crippen LogP contribution < -0.4 is 4.74 Å². The molecule has 0 amide bonds. The van der Waals surface area contributed by atoms with E-state index in [2.05, 4.69) is 11.8 Å². The average molecular weight is 387 g/mol. The molecule has 140 valence electrons. The van der Waals surface area contributed by atoms with Gasteiger partial charge in [-0.05, 0) is 53.9 Å². The van der Waals surface area contributed by atoms with Crippen molar-refractivity contribution in [3.8, 4) is 11.5 Å². The van der Waals surface area contributed by atoms with Gasteiger partial charge in [0.05, 0.1) is 19.8 Å². The molecular weight excluding hydrogens is 361 g/mol. The van der Waals surface area contributed by atoms with E-state index in [9.17, 15) is 9.67 Å². The first-order valence-corrected chi connectivity index (χ1v) is 11.7. The molecule has 0 spiro atoms. The zero-order chi connectivity index (χ0) is 18.0. The second-order valence-electron chi connectivity index (χ2n) is 6.68. The van der Waals surface area contributed by atoms with Crippen LogP contribution >= 0.6 is 18.2 Å². The fourth-order valence-corrected chi connectivity index (χ4v) is 6.95. The summed E-state index contributed by atoms with van der Waals surface area (Å²) in [6.45, 7) is 4.08. The van der Waals surface area contributed by atoms with Crippen LogP contribution in [0.4, 0.5) is 0 Å². The highest BCUT2D eigenvalue weighted by atomic mass is 32.7. The second-order valence-corrected chi connectivity index (χ2v) is 10.8. The third-order valence-corrected chi connectivity index (χ3v) is 8.51. The molecule has 3 unspecified atom stereocenters. The van der Waals surface area contributed by atoms with Crippen molar-refractivity contribution in [3.63, 3.8) is 0 Å². The summed E-state index contributed by atoms with van der Waals surface area (Å²) in [7, 11) is 1.57. The van der Waals surface area contributed by atoms with E-state index in [1.807, 2.05) is 13.0 Å². The van der Waals surface area contributed by atoms with E-state index in [4.69, 9.17) is 13.8 Å². The normalized spacial score (nSPS) is 30.0. The topological polar surface area (TPSA) is 68.2 Å². The molecule has 25 heavy (non-hydrogen) atoms. The van der Waals surface area contributed by atoms with E-state index in [0.29, 0.717) is 24.0 Å². The number of nitrogens with zero attached hydrogens (tertiary/aromatic N) is 1. The molecule has 0 saturated carbocycles. The number of aromatic hydroxyl groups is 1. The van der Waals surface area contributed by atoms with Crippen LogP contribution in [-0.2, 0) is 20.2 Å². The largest absolute Gasteiger partial charge is 0.504 e. The van der Waals surface area contributed by atoms with Crippen molar-refractivity contribution >= 4 is 18.2 Å². The average Bonchev–Trinajstić information content (AvgIpc) is 2.54. The van der Waals surface area contributed by atoms with Gasteiger partial charge in [-0.15, -0.1) is 0 Å². The van der Waals surface area contributed by atoms with Gasteiger partial charge in [0.2, 0.25) is 0 Å². The maximum absolute atomic E-state index is 12.5. The summed E-state index contributed by atoms with van der Waals surface area (Å²) >= 11 is 1.29. The molecule has 1 aromatic carbocycles. The molecule has 8 heteroatoms. The van der Waals surface area contributed by atoms with Gasteiger partial charge < -0.3 is 14.4 Å². The van der Waals surface area contributed by atoms with Crippen molar-refractivity contribution in [1.29, 1.82) is 0 Å². The maximum Gasteiger partial charge on any atom is 0.389 e. The molecule has 2 aliphatic heterocycles. The Morgan fingerprint density at radius 3 is 2.96 bits per heavy atom. The lowest BCUT2D eigenvalue weighted by molar-refractivity contribution is 0.104. The number of phenols is 1. The molecular formula is C17H26NO5PS. The van der Waals surface area contributed by atoms with Crippen LogP contribution in [0.5, 0.6) is 11.5 Å². The molecule has 0 bridgehead atoms. The Bertz CT molecular complexity index is 671. The summed E-state index contributed by atoms with van der Waals surface area (Å²) in [5.41, 5.74) is 2.34. The van der Waals surface area contributed by atoms with Gasteiger partial charge in [0.1, 0.15) is 0 Å². The summed E-state index contributed by atoms with van der Waals surface area (Å²) in [6, 6.07) is 3.73. The zero-order valence-electron chi connectivity index (χ0n) is 14.9. The summed E-state index contributed by atoms with van der Waals surface area (Å²) in [5, 5.41) is 10.0. The zero-order valence-corrected chi connectivity index (χ0v) is 16.6. The molecule has 3 rings (SSSR count). The first-order chi connectivity index (χ1) is 11.9. The highest BCUT2D eigenvalue weighted by Gasteiger charge is 2.33. The Balaban J connectivity index is 1.58. The van der Waals surface area contributed by atoms with Gasteiger partial charge in [-0.3, -0.25) is 9.42 Å². The van der Waals surface area contributed by atoms with Crippen LogP contribution in [0.2, 0.25) is 0 Å². The minimum absolute atomic E-state index is 0.00748. The van der Waals surface area contributed by atoms with Crippen LogP contribution in [0.1, 0.15) is 37.3 Å². The molecule has 1 aromatic rings. The van der Waals surface area contributed by atoms with Gasteiger partial charge in [0, 0.05) is 25.4 Å². The lowest BCUT2D eigenvalue weighted by Crippen LogP contribution is -2.34. The summed E-state index contributed by atoms with van der Waals surface area (Å²) in [6.07, 6.45) is 0.782. The van der Waals surface area contributed by atoms with Crippen molar-refractivity contribution in [2.24, 2.45) is 0 Å². The first-order valence-electron chi connectivity index (χ1n) is 8.60. The predicted octanol–water partition coefficient (Wildman–Crippen LogP) is 3.99. The molecule has 0 aliphatic carbocycles. The van der Waals surface area contributed by atoms with E-state index in [1.54, 1.807) is 13.2 Å². The lowest BCUT2D eigenvalue weighted by atomic mass is 9.90. The van der Waals surface area contributed by atoms with Crippen molar-refractivity contribution in [3.05, 3.63) is 23.3 Å². The number of hydrogen-bond donors (Lipinski definition) is 1. The maximum atomic E-state index is 12.5. The molecule has 2 heterocycles. The third-order valence-electron chi connectivity index (χ3n) is 4.64. The van der Waals surface area contributed by atoms with Crippen molar-refractivity contribution in [2.45, 2.75) is 38.8 Å². The van der Waals surface area contributed by atoms with E-state index in [1.165, 1.54) is 16.9 Å². The van der Waals surface area contributed by atoms with E-state index < -0.39 is 6.80 Å². The Labute approximate surface area is 153 Å². The van der Waals surface area contributed by atoms with Crippen LogP contribution in [0.15, 0.2) is 12.1 Å². The highest BCUT2D eigenvalue weighted by molar-refractivity contribution is 8.55. The van der Waals surface area contributed by atoms with Crippen LogP contribution in [-0.4, -0.2) is 48.7 Å². The number of benzene rings is 1. The number of rotatable bonds is 5. The standard InChI is InChI=1S/C17H26NO5PS/c1-12-10-18(5-7-25-24(20)22-6-4-13(2)23-24)11-14-8-16(19)17(21-3)9-15(12)14/h8-9,12-13,19H,4-7,10-11H2,1-3H3. The Morgan fingerprint density at radius 2 is 2.24 bits per heavy atom. The minimum Gasteiger partial charge on any atom is -0.504 e. The Hall–Kier alpha value is -0.720. The molecule has 0 radical (unpaired) electrons. The first kappa shape index (κ1) is 19.1. The third kappa shape index (κ3) is 4.52. The van der Waals surface area contributed by atoms with Gasteiger partial charge in [-0.25, -0.2) is 4.57 Å². The number of fused-ring (bicyclic) bond motifs is 1. The number of hydrogen-bond acceptors (Lipinski definition) is 7. The number of phenolic OH excluding ortho intramolecular Hbond substituents is 1. The molecule has 3 atom stereocenters. The summed E-state index contributed by atoms with van der Waals surface area (Å²) in [4.78, 5) is 2.31. The monoisotopic (exact) mass is 387 g/mol. The Morgan fingerprint density at radius 1 is 1.44 bits per heavy atom. The van der Waals surface area contributed by atoms with Crippen molar-refractivity contribution < 1.29 is 23.5 Å². The quantitative estimate of drug-likeness (QED) is 0.766. The smallest absolute Gasteiger partial charge is 0.389 e. The Kier molecular flexibility index (Phi) is 6.01. The van der Waals surface area contributed by atoms with Gasteiger partial charge in [-0.1, -0.05) is 6.92 Å². The minimum atomic E-state index is -3.00. The SMILES string of the molecule is COc1cc2c(cc1O)CN(CCSP1(=O)OCCC(C)O1)CC2C. The molecule has 6 nitrogen and oxygen atoms in total. The van der Waals surface area contributed by atoms with E-state index >= 15 is 0 Å². The van der Waals surface area contributed by atoms with Crippen LogP contribution in [0.3, 0.4) is 0 Å². The van der Waals surface area contributed by atoms with Gasteiger partial charge in [-0.2, -0.15) is 0 Å². The fourth-order valence-electron chi connectivity index (χ4n) is 3.33. The number of methoxy groups -OCH3 is 1. The van der Waals surface area contributed by atoms with Crippen LogP contribution in [0, 0.1) is 0 Å². The second kappa shape index (κ2) is 7.89. The van der Waals surface area contributed by atoms with Crippen molar-refractivity contribution in [1.82, 2.24) is 4.90 Å². The molecule has 2 aliphatic rings. The molecule has 1 N–H and O–H groups in total. The van der Waals surface area contributed by atoms with E-state index in [-0.39, 0.29) is 11.9 Å². The predicted molar refractivity (Wildman–Crippen MR) is 99.5 cm³/mol. The number of ether oxygens (including phenoxy) is 1. The summed E-state index contributed by atoms with van der Waals surface area (Å²) < 4.78 is 28.6. The van der Waals surface area contributed by atoms with Crippen molar-refractivity contribution in [2.75, 3.05) is 32.6 Å². The molecule has 1 fully saturated rings. The van der Waals surface area contributed by atoms with Crippen LogP contribution in [0.25, 0.3) is 0 Å². The molecule has 0 aromatic heterocycles. The molecule has 1 saturated heterocycles. The lowest BCUT2D eigenvalue weighted by Gasteiger charge is -2.34. The van der Waals surface area contributed by atoms with Gasteiger partial charge >= 0.3 is 6.80 Å². The fraction of sp³-hybridized carbons (Fsp3) is 0.647. The van der Waals surface area contributed by atoms with E-state index in [0.717, 1.165) is 31.6 Å².